The van der Waals surface area contributed by atoms with Crippen LogP contribution in [0, 0.1) is 5.92 Å². The molecule has 4 aromatic rings. The Morgan fingerprint density at radius 3 is 2.22 bits per heavy atom. The Morgan fingerprint density at radius 2 is 1.42 bits per heavy atom. The molecule has 2 unspecified atom stereocenters. The molecule has 0 spiro atoms. The maximum Gasteiger partial charge on any atom is 0.0538 e. The maximum atomic E-state index is 4.24. The van der Waals surface area contributed by atoms with Crippen molar-refractivity contribution in [3.05, 3.63) is 155 Å². The zero-order valence-electron chi connectivity index (χ0n) is 30.4. The van der Waals surface area contributed by atoms with Crippen molar-refractivity contribution in [3.8, 4) is 11.1 Å². The summed E-state index contributed by atoms with van der Waals surface area (Å²) >= 11 is 0. The molecule has 0 amide bonds. The molecule has 2 nitrogen and oxygen atoms in total. The van der Waals surface area contributed by atoms with Crippen molar-refractivity contribution in [2.45, 2.75) is 77.3 Å². The van der Waals surface area contributed by atoms with Gasteiger partial charge >= 0.3 is 0 Å². The zero-order chi connectivity index (χ0) is 34.6. The number of benzene rings is 4. The summed E-state index contributed by atoms with van der Waals surface area (Å²) in [7, 11) is 0. The number of piperidine rings is 1. The van der Waals surface area contributed by atoms with Crippen molar-refractivity contribution in [2.24, 2.45) is 5.92 Å². The SMILES string of the molecule is C=CC1=C(/C=C\C)CCC(C)(C)N1c1ccc2c(c1)C(C)(C)c1cc(/C=C/c3ccc4cc(N5CCCC6C=CC=CC65)ccc4c3)ccc1-2. The van der Waals surface area contributed by atoms with Gasteiger partial charge in [0, 0.05) is 40.5 Å². The second-order valence-electron chi connectivity index (χ2n) is 15.8. The van der Waals surface area contributed by atoms with Crippen molar-refractivity contribution in [2.75, 3.05) is 16.3 Å². The van der Waals surface area contributed by atoms with Gasteiger partial charge in [-0.1, -0.05) is 111 Å². The van der Waals surface area contributed by atoms with Crippen LogP contribution in [0.3, 0.4) is 0 Å². The van der Waals surface area contributed by atoms with Gasteiger partial charge < -0.3 is 9.80 Å². The van der Waals surface area contributed by atoms with Crippen LogP contribution in [-0.2, 0) is 5.41 Å². The molecule has 0 bridgehead atoms. The first kappa shape index (κ1) is 32.4. The maximum absolute atomic E-state index is 4.24. The highest BCUT2D eigenvalue weighted by molar-refractivity contribution is 5.89. The number of nitrogens with zero attached hydrogens (tertiary/aromatic N) is 2. The van der Waals surface area contributed by atoms with Crippen molar-refractivity contribution < 1.29 is 0 Å². The third-order valence-electron chi connectivity index (χ3n) is 11.8. The predicted octanol–water partition coefficient (Wildman–Crippen LogP) is 12.4. The first-order chi connectivity index (χ1) is 24.2. The standard InChI is InChI=1S/C48H50N2/c1-7-12-35-26-27-47(3,4)50(45(35)8-2)40-23-25-42-41-24-19-34(30-43(41)48(5,6)44(42)32-40)17-16-33-18-20-38-31-39(22-21-37(38)29-33)49-28-11-14-36-13-9-10-15-46(36)49/h7-10,12-13,15-25,29-32,36,46H,2,11,14,26-28H2,1,3-6H3/b12-7-,17-16+. The summed E-state index contributed by atoms with van der Waals surface area (Å²) in [6.45, 7) is 17.0. The smallest absolute Gasteiger partial charge is 0.0538 e. The minimum absolute atomic E-state index is 0.00275. The van der Waals surface area contributed by atoms with Gasteiger partial charge in [0.1, 0.15) is 0 Å². The topological polar surface area (TPSA) is 6.48 Å². The fraction of sp³-hybridized carbons (Fsp3) is 0.292. The highest BCUT2D eigenvalue weighted by atomic mass is 15.2. The lowest BCUT2D eigenvalue weighted by Crippen LogP contribution is -2.46. The van der Waals surface area contributed by atoms with Gasteiger partial charge in [-0.25, -0.2) is 0 Å². The Hall–Kier alpha value is -4.82. The van der Waals surface area contributed by atoms with E-state index in [4.69, 9.17) is 0 Å². The monoisotopic (exact) mass is 654 g/mol. The molecule has 4 aromatic carbocycles. The zero-order valence-corrected chi connectivity index (χ0v) is 30.4. The summed E-state index contributed by atoms with van der Waals surface area (Å²) in [4.78, 5) is 5.12. The van der Waals surface area contributed by atoms with E-state index in [0.29, 0.717) is 12.0 Å². The van der Waals surface area contributed by atoms with Crippen LogP contribution in [0.25, 0.3) is 34.1 Å². The number of anilines is 2. The second kappa shape index (κ2) is 12.5. The molecular formula is C48H50N2. The third kappa shape index (κ3) is 5.50. The van der Waals surface area contributed by atoms with E-state index in [9.17, 15) is 0 Å². The lowest BCUT2D eigenvalue weighted by molar-refractivity contribution is 0.421. The van der Waals surface area contributed by atoms with Gasteiger partial charge in [0.2, 0.25) is 0 Å². The van der Waals surface area contributed by atoms with E-state index in [-0.39, 0.29) is 11.0 Å². The molecule has 2 heterocycles. The Morgan fingerprint density at radius 1 is 0.740 bits per heavy atom. The molecule has 1 saturated heterocycles. The first-order valence-electron chi connectivity index (χ1n) is 18.6. The van der Waals surface area contributed by atoms with Crippen LogP contribution in [0.2, 0.25) is 0 Å². The Kier molecular flexibility index (Phi) is 8.10. The van der Waals surface area contributed by atoms with E-state index < -0.39 is 0 Å². The van der Waals surface area contributed by atoms with Gasteiger partial charge in [0.05, 0.1) is 6.04 Å². The van der Waals surface area contributed by atoms with E-state index in [0.717, 1.165) is 19.4 Å². The molecule has 252 valence electrons. The predicted molar refractivity (Wildman–Crippen MR) is 217 cm³/mol. The van der Waals surface area contributed by atoms with E-state index in [1.54, 1.807) is 0 Å². The number of allylic oxidation sites excluding steroid dienone is 6. The lowest BCUT2D eigenvalue weighted by Gasteiger charge is -2.46. The van der Waals surface area contributed by atoms with Crippen LogP contribution in [-0.4, -0.2) is 18.1 Å². The molecule has 4 aliphatic rings. The normalized spacial score (nSPS) is 22.0. The van der Waals surface area contributed by atoms with Crippen molar-refractivity contribution in [3.63, 3.8) is 0 Å². The van der Waals surface area contributed by atoms with E-state index in [1.807, 2.05) is 6.08 Å². The summed E-state index contributed by atoms with van der Waals surface area (Å²) < 4.78 is 0. The highest BCUT2D eigenvalue weighted by Crippen LogP contribution is 2.51. The van der Waals surface area contributed by atoms with Gasteiger partial charge in [-0.2, -0.15) is 0 Å². The number of fused-ring (bicyclic) bond motifs is 5. The van der Waals surface area contributed by atoms with Gasteiger partial charge in [-0.15, -0.1) is 0 Å². The molecule has 50 heavy (non-hydrogen) atoms. The van der Waals surface area contributed by atoms with E-state index >= 15 is 0 Å². The Balaban J connectivity index is 1.05. The Labute approximate surface area is 299 Å². The van der Waals surface area contributed by atoms with Crippen LogP contribution in [0.1, 0.15) is 82.6 Å². The highest BCUT2D eigenvalue weighted by Gasteiger charge is 2.39. The van der Waals surface area contributed by atoms with Crippen molar-refractivity contribution in [1.29, 1.82) is 0 Å². The van der Waals surface area contributed by atoms with Crippen LogP contribution in [0.5, 0.6) is 0 Å². The minimum Gasteiger partial charge on any atom is -0.364 e. The summed E-state index contributed by atoms with van der Waals surface area (Å²) in [5.74, 6) is 0.625. The first-order valence-corrected chi connectivity index (χ1v) is 18.6. The molecule has 8 rings (SSSR count). The van der Waals surface area contributed by atoms with Crippen LogP contribution in [0.15, 0.2) is 133 Å². The summed E-state index contributed by atoms with van der Waals surface area (Å²) in [6.07, 6.45) is 24.9. The number of rotatable bonds is 6. The molecule has 2 heteroatoms. The molecule has 2 atom stereocenters. The minimum atomic E-state index is -0.104. The summed E-state index contributed by atoms with van der Waals surface area (Å²) in [5, 5.41) is 2.59. The van der Waals surface area contributed by atoms with Crippen LogP contribution in [0.4, 0.5) is 11.4 Å². The molecule has 2 aliphatic carbocycles. The van der Waals surface area contributed by atoms with Gasteiger partial charge in [0.15, 0.2) is 0 Å². The molecule has 0 N–H and O–H groups in total. The van der Waals surface area contributed by atoms with E-state index in [1.165, 1.54) is 79.6 Å². The van der Waals surface area contributed by atoms with Gasteiger partial charge in [-0.05, 0) is 133 Å². The van der Waals surface area contributed by atoms with E-state index in [2.05, 4.69) is 172 Å². The van der Waals surface area contributed by atoms with Crippen molar-refractivity contribution in [1.82, 2.24) is 0 Å². The summed E-state index contributed by atoms with van der Waals surface area (Å²) in [6, 6.07) is 28.5. The van der Waals surface area contributed by atoms with Gasteiger partial charge in [0.25, 0.3) is 0 Å². The second-order valence-corrected chi connectivity index (χ2v) is 15.8. The largest absolute Gasteiger partial charge is 0.364 e. The molecule has 0 aromatic heterocycles. The third-order valence-corrected chi connectivity index (χ3v) is 11.8. The summed E-state index contributed by atoms with van der Waals surface area (Å²) in [5.41, 5.74) is 13.0. The quantitative estimate of drug-likeness (QED) is 0.191. The van der Waals surface area contributed by atoms with Gasteiger partial charge in [-0.3, -0.25) is 0 Å². The molecule has 2 aliphatic heterocycles. The number of hydrogen-bond donors (Lipinski definition) is 0. The Bertz CT molecular complexity index is 2150. The average molecular weight is 655 g/mol. The lowest BCUT2D eigenvalue weighted by atomic mass is 9.81. The van der Waals surface area contributed by atoms with Crippen LogP contribution >= 0.6 is 0 Å². The fourth-order valence-electron chi connectivity index (χ4n) is 9.13. The average Bonchev–Trinajstić information content (AvgIpc) is 3.35. The van der Waals surface area contributed by atoms with Crippen molar-refractivity contribution >= 4 is 34.3 Å². The molecule has 0 radical (unpaired) electrons. The molecular weight excluding hydrogens is 605 g/mol. The number of hydrogen-bond acceptors (Lipinski definition) is 2. The molecule has 1 fully saturated rings. The molecule has 0 saturated carbocycles. The fourth-order valence-corrected chi connectivity index (χ4v) is 9.13. The van der Waals surface area contributed by atoms with Crippen LogP contribution < -0.4 is 9.80 Å².